The van der Waals surface area contributed by atoms with E-state index >= 15 is 0 Å². The van der Waals surface area contributed by atoms with E-state index < -0.39 is 0 Å². The first-order chi connectivity index (χ1) is 13.7. The number of hydrogen-bond acceptors (Lipinski definition) is 3. The molecule has 150 valence electrons. The number of hydrogen-bond donors (Lipinski definition) is 1. The SMILES string of the molecule is CCN1CCN(Cc2ccc(CNC(=O)CCCc3ccccc3)cc2)CC1. The van der Waals surface area contributed by atoms with Crippen LogP contribution in [0.1, 0.15) is 36.5 Å². The molecule has 4 heteroatoms. The Balaban J connectivity index is 1.34. The highest BCUT2D eigenvalue weighted by Gasteiger charge is 2.15. The average molecular weight is 380 g/mol. The zero-order valence-corrected chi connectivity index (χ0v) is 17.1. The predicted octanol–water partition coefficient (Wildman–Crippen LogP) is 3.46. The molecule has 1 saturated heterocycles. The Morgan fingerprint density at radius 2 is 1.50 bits per heavy atom. The summed E-state index contributed by atoms with van der Waals surface area (Å²) in [6.07, 6.45) is 2.42. The van der Waals surface area contributed by atoms with Crippen molar-refractivity contribution in [3.63, 3.8) is 0 Å². The third-order valence-corrected chi connectivity index (χ3v) is 5.54. The molecule has 0 bridgehead atoms. The van der Waals surface area contributed by atoms with Crippen LogP contribution >= 0.6 is 0 Å². The summed E-state index contributed by atoms with van der Waals surface area (Å²) in [5.74, 6) is 0.133. The number of likely N-dealkylation sites (N-methyl/N-ethyl adjacent to an activating group) is 1. The van der Waals surface area contributed by atoms with Gasteiger partial charge in [-0.05, 0) is 36.1 Å². The third-order valence-electron chi connectivity index (χ3n) is 5.54. The molecule has 0 radical (unpaired) electrons. The molecule has 0 aromatic heterocycles. The molecule has 1 fully saturated rings. The van der Waals surface area contributed by atoms with Crippen LogP contribution in [0.5, 0.6) is 0 Å². The van der Waals surface area contributed by atoms with Crippen LogP contribution < -0.4 is 5.32 Å². The van der Waals surface area contributed by atoms with Gasteiger partial charge in [-0.2, -0.15) is 0 Å². The second-order valence-electron chi connectivity index (χ2n) is 7.64. The Hall–Kier alpha value is -2.17. The van der Waals surface area contributed by atoms with Crippen molar-refractivity contribution in [2.75, 3.05) is 32.7 Å². The number of nitrogens with one attached hydrogen (secondary N) is 1. The maximum atomic E-state index is 12.1. The van der Waals surface area contributed by atoms with Crippen LogP contribution in [0.15, 0.2) is 54.6 Å². The highest BCUT2D eigenvalue weighted by atomic mass is 16.1. The highest BCUT2D eigenvalue weighted by Crippen LogP contribution is 2.10. The molecule has 1 aliphatic heterocycles. The van der Waals surface area contributed by atoms with Gasteiger partial charge in [-0.3, -0.25) is 9.69 Å². The fourth-order valence-corrected chi connectivity index (χ4v) is 3.67. The monoisotopic (exact) mass is 379 g/mol. The van der Waals surface area contributed by atoms with Crippen LogP contribution in [0, 0.1) is 0 Å². The van der Waals surface area contributed by atoms with Crippen LogP contribution in [0.4, 0.5) is 0 Å². The van der Waals surface area contributed by atoms with Gasteiger partial charge in [0.1, 0.15) is 0 Å². The first kappa shape index (κ1) is 20.6. The second kappa shape index (κ2) is 11.0. The number of piperazine rings is 1. The molecular weight excluding hydrogens is 346 g/mol. The normalized spacial score (nSPS) is 15.5. The van der Waals surface area contributed by atoms with E-state index in [1.165, 1.54) is 24.2 Å². The number of nitrogens with zero attached hydrogens (tertiary/aromatic N) is 2. The van der Waals surface area contributed by atoms with E-state index in [0.29, 0.717) is 13.0 Å². The summed E-state index contributed by atoms with van der Waals surface area (Å²) in [6, 6.07) is 19.0. The van der Waals surface area contributed by atoms with Crippen LogP contribution in [-0.4, -0.2) is 48.4 Å². The first-order valence-electron chi connectivity index (χ1n) is 10.6. The topological polar surface area (TPSA) is 35.6 Å². The molecular formula is C24H33N3O. The molecule has 0 atom stereocenters. The lowest BCUT2D eigenvalue weighted by Gasteiger charge is -2.34. The summed E-state index contributed by atoms with van der Waals surface area (Å²) in [5.41, 5.74) is 3.81. The smallest absolute Gasteiger partial charge is 0.220 e. The van der Waals surface area contributed by atoms with Crippen molar-refractivity contribution in [2.45, 2.75) is 39.3 Å². The Kier molecular flexibility index (Phi) is 8.07. The van der Waals surface area contributed by atoms with E-state index in [1.54, 1.807) is 0 Å². The molecule has 0 spiro atoms. The van der Waals surface area contributed by atoms with Crippen LogP contribution in [0.25, 0.3) is 0 Å². The lowest BCUT2D eigenvalue weighted by atomic mass is 10.1. The van der Waals surface area contributed by atoms with Crippen LogP contribution in [-0.2, 0) is 24.3 Å². The van der Waals surface area contributed by atoms with Gasteiger partial charge in [-0.1, -0.05) is 61.5 Å². The number of benzene rings is 2. The first-order valence-corrected chi connectivity index (χ1v) is 10.6. The van der Waals surface area contributed by atoms with Gasteiger partial charge in [0.05, 0.1) is 0 Å². The number of carbonyl (C=O) groups excluding carboxylic acids is 1. The van der Waals surface area contributed by atoms with Gasteiger partial charge in [0.2, 0.25) is 5.91 Å². The average Bonchev–Trinajstić information content (AvgIpc) is 2.74. The summed E-state index contributed by atoms with van der Waals surface area (Å²) < 4.78 is 0. The Morgan fingerprint density at radius 3 is 2.18 bits per heavy atom. The van der Waals surface area contributed by atoms with Crippen molar-refractivity contribution >= 4 is 5.91 Å². The number of amides is 1. The molecule has 28 heavy (non-hydrogen) atoms. The zero-order valence-electron chi connectivity index (χ0n) is 17.1. The Bertz CT molecular complexity index is 706. The van der Waals surface area contributed by atoms with Gasteiger partial charge < -0.3 is 10.2 Å². The summed E-state index contributed by atoms with van der Waals surface area (Å²) in [5, 5.41) is 3.04. The van der Waals surface area contributed by atoms with Gasteiger partial charge in [0.25, 0.3) is 0 Å². The largest absolute Gasteiger partial charge is 0.352 e. The van der Waals surface area contributed by atoms with E-state index in [4.69, 9.17) is 0 Å². The summed E-state index contributed by atoms with van der Waals surface area (Å²) in [6.45, 7) is 9.65. The zero-order chi connectivity index (χ0) is 19.6. The van der Waals surface area contributed by atoms with Gasteiger partial charge in [0, 0.05) is 45.7 Å². The summed E-state index contributed by atoms with van der Waals surface area (Å²) >= 11 is 0. The van der Waals surface area contributed by atoms with E-state index in [-0.39, 0.29) is 5.91 Å². The van der Waals surface area contributed by atoms with Crippen molar-refractivity contribution in [3.8, 4) is 0 Å². The molecule has 0 unspecified atom stereocenters. The van der Waals surface area contributed by atoms with E-state index in [0.717, 1.165) is 44.6 Å². The lowest BCUT2D eigenvalue weighted by molar-refractivity contribution is -0.121. The molecule has 4 nitrogen and oxygen atoms in total. The molecule has 1 N–H and O–H groups in total. The Morgan fingerprint density at radius 1 is 0.857 bits per heavy atom. The van der Waals surface area contributed by atoms with E-state index in [9.17, 15) is 4.79 Å². The fourth-order valence-electron chi connectivity index (χ4n) is 3.67. The summed E-state index contributed by atoms with van der Waals surface area (Å²) in [7, 11) is 0. The van der Waals surface area contributed by atoms with Crippen molar-refractivity contribution in [3.05, 3.63) is 71.3 Å². The predicted molar refractivity (Wildman–Crippen MR) is 115 cm³/mol. The van der Waals surface area contributed by atoms with E-state index in [1.807, 2.05) is 18.2 Å². The molecule has 0 saturated carbocycles. The molecule has 0 aliphatic carbocycles. The summed E-state index contributed by atoms with van der Waals surface area (Å²) in [4.78, 5) is 17.1. The standard InChI is InChI=1S/C24H33N3O/c1-2-26-15-17-27(18-16-26)20-23-13-11-22(12-14-23)19-25-24(28)10-6-9-21-7-4-3-5-8-21/h3-5,7-8,11-14H,2,6,9-10,15-20H2,1H3,(H,25,28). The minimum Gasteiger partial charge on any atom is -0.352 e. The van der Waals surface area contributed by atoms with Gasteiger partial charge in [-0.15, -0.1) is 0 Å². The van der Waals surface area contributed by atoms with Crippen LogP contribution in [0.3, 0.4) is 0 Å². The minimum atomic E-state index is 0.133. The highest BCUT2D eigenvalue weighted by molar-refractivity contribution is 5.75. The molecule has 1 amide bonds. The molecule has 3 rings (SSSR count). The molecule has 2 aromatic carbocycles. The second-order valence-corrected chi connectivity index (χ2v) is 7.64. The number of aryl methyl sites for hydroxylation is 1. The van der Waals surface area contributed by atoms with Crippen molar-refractivity contribution in [2.24, 2.45) is 0 Å². The van der Waals surface area contributed by atoms with Gasteiger partial charge in [-0.25, -0.2) is 0 Å². The van der Waals surface area contributed by atoms with Gasteiger partial charge >= 0.3 is 0 Å². The molecule has 1 aliphatic rings. The maximum Gasteiger partial charge on any atom is 0.220 e. The van der Waals surface area contributed by atoms with Gasteiger partial charge in [0.15, 0.2) is 0 Å². The number of rotatable bonds is 9. The molecule has 2 aromatic rings. The fraction of sp³-hybridized carbons (Fsp3) is 0.458. The quantitative estimate of drug-likeness (QED) is 0.725. The van der Waals surface area contributed by atoms with Crippen molar-refractivity contribution in [1.82, 2.24) is 15.1 Å². The lowest BCUT2D eigenvalue weighted by Crippen LogP contribution is -2.45. The van der Waals surface area contributed by atoms with E-state index in [2.05, 4.69) is 58.4 Å². The minimum absolute atomic E-state index is 0.133. The third kappa shape index (κ3) is 6.77. The Labute approximate surface area is 169 Å². The molecule has 1 heterocycles. The van der Waals surface area contributed by atoms with Crippen LogP contribution in [0.2, 0.25) is 0 Å². The maximum absolute atomic E-state index is 12.1. The van der Waals surface area contributed by atoms with Crippen molar-refractivity contribution in [1.29, 1.82) is 0 Å². The number of carbonyl (C=O) groups is 1. The van der Waals surface area contributed by atoms with Crippen molar-refractivity contribution < 1.29 is 4.79 Å².